The monoisotopic (exact) mass is 194 g/mol. The molecule has 2 amide bonds. The van der Waals surface area contributed by atoms with Crippen LogP contribution in [0.15, 0.2) is 12.3 Å². The third-order valence-corrected chi connectivity index (χ3v) is 1.93. The molecule has 4 N–H and O–H groups in total. The molecule has 0 atom stereocenters. The number of aryl methyl sites for hydroxylation is 2. The second kappa shape index (κ2) is 4.57. The van der Waals surface area contributed by atoms with Gasteiger partial charge in [0.05, 0.1) is 0 Å². The predicted molar refractivity (Wildman–Crippen MR) is 53.3 cm³/mol. The number of nitrogens with one attached hydrogen (secondary N) is 2. The SMILES string of the molecule is Cc1cc(C)c(CNC(=O)NN)cn1. The van der Waals surface area contributed by atoms with Crippen LogP contribution in [0.1, 0.15) is 16.8 Å². The summed E-state index contributed by atoms with van der Waals surface area (Å²) in [6.07, 6.45) is 1.75. The normalized spacial score (nSPS) is 9.64. The highest BCUT2D eigenvalue weighted by Crippen LogP contribution is 2.06. The smallest absolute Gasteiger partial charge is 0.329 e. The Hall–Kier alpha value is -1.62. The average molecular weight is 194 g/mol. The third kappa shape index (κ3) is 2.70. The lowest BCUT2D eigenvalue weighted by atomic mass is 10.1. The van der Waals surface area contributed by atoms with Crippen LogP contribution < -0.4 is 16.6 Å². The number of carbonyl (C=O) groups excluding carboxylic acids is 1. The Labute approximate surface area is 82.7 Å². The van der Waals surface area contributed by atoms with Gasteiger partial charge in [0.2, 0.25) is 0 Å². The quantitative estimate of drug-likeness (QED) is 0.361. The topological polar surface area (TPSA) is 80.0 Å². The summed E-state index contributed by atoms with van der Waals surface area (Å²) in [6.45, 7) is 4.34. The fourth-order valence-corrected chi connectivity index (χ4v) is 1.14. The van der Waals surface area contributed by atoms with Gasteiger partial charge in [-0.15, -0.1) is 0 Å². The van der Waals surface area contributed by atoms with E-state index in [1.807, 2.05) is 25.3 Å². The predicted octanol–water partition coefficient (Wildman–Crippen LogP) is 0.371. The lowest BCUT2D eigenvalue weighted by Crippen LogP contribution is -2.39. The molecule has 0 radical (unpaired) electrons. The van der Waals surface area contributed by atoms with Crippen molar-refractivity contribution in [3.05, 3.63) is 29.1 Å². The molecule has 1 heterocycles. The number of urea groups is 1. The molecule has 0 saturated heterocycles. The summed E-state index contributed by atoms with van der Waals surface area (Å²) in [5, 5.41) is 2.59. The van der Waals surface area contributed by atoms with Gasteiger partial charge >= 0.3 is 6.03 Å². The van der Waals surface area contributed by atoms with E-state index in [0.717, 1.165) is 16.8 Å². The molecule has 0 saturated carbocycles. The van der Waals surface area contributed by atoms with Crippen LogP contribution in [0, 0.1) is 13.8 Å². The first-order chi connectivity index (χ1) is 6.63. The van der Waals surface area contributed by atoms with Gasteiger partial charge in [0, 0.05) is 18.4 Å². The number of aromatic nitrogens is 1. The molecule has 14 heavy (non-hydrogen) atoms. The summed E-state index contributed by atoms with van der Waals surface area (Å²) in [5.74, 6) is 4.92. The standard InChI is InChI=1S/C9H14N4O/c1-6-3-7(2)11-4-8(6)5-12-9(14)13-10/h3-4H,5,10H2,1-2H3,(H2,12,13,14). The number of hydrogen-bond acceptors (Lipinski definition) is 3. The molecule has 0 unspecified atom stereocenters. The highest BCUT2D eigenvalue weighted by molar-refractivity contribution is 5.73. The summed E-state index contributed by atoms with van der Waals surface area (Å²) in [4.78, 5) is 14.9. The first-order valence-corrected chi connectivity index (χ1v) is 4.30. The Balaban J connectivity index is 2.63. The molecular formula is C9H14N4O. The molecule has 76 valence electrons. The minimum atomic E-state index is -0.398. The van der Waals surface area contributed by atoms with E-state index >= 15 is 0 Å². The molecule has 0 spiro atoms. The number of pyridine rings is 1. The van der Waals surface area contributed by atoms with Crippen LogP contribution in [-0.2, 0) is 6.54 Å². The average Bonchev–Trinajstić information content (AvgIpc) is 2.16. The maximum atomic E-state index is 10.8. The Bertz CT molecular complexity index is 338. The molecule has 1 rings (SSSR count). The Morgan fingerprint density at radius 2 is 2.29 bits per heavy atom. The summed E-state index contributed by atoms with van der Waals surface area (Å²) < 4.78 is 0. The van der Waals surface area contributed by atoms with Crippen molar-refractivity contribution >= 4 is 6.03 Å². The number of carbonyl (C=O) groups is 1. The number of nitrogens with zero attached hydrogens (tertiary/aromatic N) is 1. The van der Waals surface area contributed by atoms with E-state index in [-0.39, 0.29) is 0 Å². The molecule has 0 bridgehead atoms. The molecule has 0 aliphatic carbocycles. The first-order valence-electron chi connectivity index (χ1n) is 4.30. The lowest BCUT2D eigenvalue weighted by molar-refractivity contribution is 0.240. The van der Waals surface area contributed by atoms with Crippen molar-refractivity contribution in [3.8, 4) is 0 Å². The highest BCUT2D eigenvalue weighted by Gasteiger charge is 2.01. The molecule has 1 aromatic rings. The summed E-state index contributed by atoms with van der Waals surface area (Å²) >= 11 is 0. The summed E-state index contributed by atoms with van der Waals surface area (Å²) in [6, 6.07) is 1.57. The zero-order valence-electron chi connectivity index (χ0n) is 8.29. The highest BCUT2D eigenvalue weighted by atomic mass is 16.2. The summed E-state index contributed by atoms with van der Waals surface area (Å²) in [5.41, 5.74) is 5.05. The van der Waals surface area contributed by atoms with Gasteiger partial charge in [-0.1, -0.05) is 0 Å². The van der Waals surface area contributed by atoms with Gasteiger partial charge in [-0.05, 0) is 31.0 Å². The van der Waals surface area contributed by atoms with Gasteiger partial charge in [0.25, 0.3) is 0 Å². The second-order valence-corrected chi connectivity index (χ2v) is 3.08. The van der Waals surface area contributed by atoms with E-state index in [1.54, 1.807) is 6.20 Å². The van der Waals surface area contributed by atoms with Crippen molar-refractivity contribution < 1.29 is 4.79 Å². The maximum absolute atomic E-state index is 10.8. The minimum Gasteiger partial charge on any atom is -0.333 e. The minimum absolute atomic E-state index is 0.398. The molecule has 1 aromatic heterocycles. The van der Waals surface area contributed by atoms with Gasteiger partial charge in [-0.2, -0.15) is 0 Å². The fourth-order valence-electron chi connectivity index (χ4n) is 1.14. The van der Waals surface area contributed by atoms with Crippen LogP contribution in [0.3, 0.4) is 0 Å². The van der Waals surface area contributed by atoms with E-state index in [1.165, 1.54) is 0 Å². The van der Waals surface area contributed by atoms with Crippen LogP contribution in [-0.4, -0.2) is 11.0 Å². The van der Waals surface area contributed by atoms with Crippen molar-refractivity contribution in [1.82, 2.24) is 15.7 Å². The van der Waals surface area contributed by atoms with Crippen LogP contribution >= 0.6 is 0 Å². The summed E-state index contributed by atoms with van der Waals surface area (Å²) in [7, 11) is 0. The van der Waals surface area contributed by atoms with Crippen LogP contribution in [0.25, 0.3) is 0 Å². The number of nitrogens with two attached hydrogens (primary N) is 1. The zero-order chi connectivity index (χ0) is 10.6. The van der Waals surface area contributed by atoms with E-state index in [4.69, 9.17) is 5.84 Å². The van der Waals surface area contributed by atoms with E-state index in [9.17, 15) is 4.79 Å². The first kappa shape index (κ1) is 10.5. The number of hydrogen-bond donors (Lipinski definition) is 3. The fraction of sp³-hybridized carbons (Fsp3) is 0.333. The van der Waals surface area contributed by atoms with Crippen molar-refractivity contribution in [2.45, 2.75) is 20.4 Å². The van der Waals surface area contributed by atoms with Crippen molar-refractivity contribution in [2.75, 3.05) is 0 Å². The largest absolute Gasteiger partial charge is 0.333 e. The van der Waals surface area contributed by atoms with Crippen molar-refractivity contribution in [1.29, 1.82) is 0 Å². The van der Waals surface area contributed by atoms with E-state index in [2.05, 4.69) is 10.3 Å². The Morgan fingerprint density at radius 3 is 2.86 bits per heavy atom. The molecular weight excluding hydrogens is 180 g/mol. The van der Waals surface area contributed by atoms with Gasteiger partial charge in [0.1, 0.15) is 0 Å². The van der Waals surface area contributed by atoms with E-state index in [0.29, 0.717) is 6.54 Å². The Kier molecular flexibility index (Phi) is 3.41. The molecule has 5 heteroatoms. The number of hydrazine groups is 1. The molecule has 0 aliphatic rings. The van der Waals surface area contributed by atoms with Gasteiger partial charge in [-0.3, -0.25) is 10.4 Å². The molecule has 5 nitrogen and oxygen atoms in total. The molecule has 0 aromatic carbocycles. The van der Waals surface area contributed by atoms with Crippen molar-refractivity contribution in [2.24, 2.45) is 5.84 Å². The van der Waals surface area contributed by atoms with Crippen molar-refractivity contribution in [3.63, 3.8) is 0 Å². The maximum Gasteiger partial charge on any atom is 0.329 e. The van der Waals surface area contributed by atoms with Gasteiger partial charge in [-0.25, -0.2) is 10.6 Å². The van der Waals surface area contributed by atoms with E-state index < -0.39 is 6.03 Å². The molecule has 0 aliphatic heterocycles. The second-order valence-electron chi connectivity index (χ2n) is 3.08. The number of rotatable bonds is 2. The Morgan fingerprint density at radius 1 is 1.57 bits per heavy atom. The van der Waals surface area contributed by atoms with Gasteiger partial charge in [0.15, 0.2) is 0 Å². The molecule has 0 fully saturated rings. The third-order valence-electron chi connectivity index (χ3n) is 1.93. The van der Waals surface area contributed by atoms with Crippen LogP contribution in [0.4, 0.5) is 4.79 Å². The van der Waals surface area contributed by atoms with Gasteiger partial charge < -0.3 is 5.32 Å². The lowest BCUT2D eigenvalue weighted by Gasteiger charge is -2.07. The van der Waals surface area contributed by atoms with Crippen LogP contribution in [0.2, 0.25) is 0 Å². The zero-order valence-corrected chi connectivity index (χ0v) is 8.29. The van der Waals surface area contributed by atoms with Crippen LogP contribution in [0.5, 0.6) is 0 Å². The number of amides is 2.